The Morgan fingerprint density at radius 1 is 1.05 bits per heavy atom. The zero-order chi connectivity index (χ0) is 27.8. The number of ether oxygens (including phenoxy) is 3. The molecule has 10 nitrogen and oxygen atoms in total. The van der Waals surface area contributed by atoms with E-state index >= 15 is 0 Å². The highest BCUT2D eigenvalue weighted by Crippen LogP contribution is 2.34. The van der Waals surface area contributed by atoms with Crippen LogP contribution in [0.5, 0.6) is 17.2 Å². The zero-order valence-electron chi connectivity index (χ0n) is 22.4. The molecule has 1 N–H and O–H groups in total. The molecule has 0 bridgehead atoms. The highest BCUT2D eigenvalue weighted by Gasteiger charge is 2.28. The molecule has 1 aliphatic rings. The Morgan fingerprint density at radius 2 is 1.82 bits per heavy atom. The normalized spacial score (nSPS) is 12.6. The molecule has 3 aromatic rings. The van der Waals surface area contributed by atoms with Crippen molar-refractivity contribution < 1.29 is 33.0 Å². The number of ketones is 1. The van der Waals surface area contributed by atoms with Gasteiger partial charge in [-0.1, -0.05) is 26.0 Å². The second-order valence-corrected chi connectivity index (χ2v) is 8.86. The zero-order valence-corrected chi connectivity index (χ0v) is 22.4. The van der Waals surface area contributed by atoms with E-state index in [4.69, 9.17) is 18.6 Å². The number of likely N-dealkylation sites (N-methyl/N-ethyl adjacent to an activating group) is 1. The fourth-order valence-corrected chi connectivity index (χ4v) is 4.21. The van der Waals surface area contributed by atoms with E-state index < -0.39 is 0 Å². The minimum Gasteiger partial charge on any atom is -0.493 e. The molecule has 0 fully saturated rings. The quantitative estimate of drug-likeness (QED) is 0.331. The predicted molar refractivity (Wildman–Crippen MR) is 145 cm³/mol. The van der Waals surface area contributed by atoms with Crippen molar-refractivity contribution in [2.24, 2.45) is 0 Å². The number of hydrogen-bond acceptors (Lipinski definition) is 8. The van der Waals surface area contributed by atoms with Gasteiger partial charge in [-0.15, -0.1) is 0 Å². The topological polar surface area (TPSA) is 111 Å². The van der Waals surface area contributed by atoms with Gasteiger partial charge in [-0.2, -0.15) is 0 Å². The van der Waals surface area contributed by atoms with Crippen molar-refractivity contribution in [3.05, 3.63) is 71.7 Å². The summed E-state index contributed by atoms with van der Waals surface area (Å²) in [5.41, 5.74) is 0.802. The van der Waals surface area contributed by atoms with Crippen molar-refractivity contribution >= 4 is 23.3 Å². The molecule has 0 aliphatic carbocycles. The lowest BCUT2D eigenvalue weighted by molar-refractivity contribution is -0.121. The number of methoxy groups -OCH3 is 1. The summed E-state index contributed by atoms with van der Waals surface area (Å²) in [6.07, 6.45) is 0. The number of Topliss-reactive ketones (excluding diaryl/α,β-unsaturated/α-hetero) is 1. The minimum absolute atomic E-state index is 0.0806. The van der Waals surface area contributed by atoms with Crippen LogP contribution < -0.4 is 24.4 Å². The smallest absolute Gasteiger partial charge is 0.287 e. The van der Waals surface area contributed by atoms with Crippen molar-refractivity contribution in [2.45, 2.75) is 20.4 Å². The number of nitrogens with zero attached hydrogens (tertiary/aromatic N) is 2. The standard InChI is InChI=1S/C29H33N3O7/c1-4-31(5-2)15-14-30-29(35)27-13-11-21(39-27)17-32-22-16-20(10-12-24(22)38-19-28(32)34)23(33)18-37-26-9-7-6-8-25(26)36-3/h6-13,16H,4-5,14-15,17-19H2,1-3H3,(H,30,35). The summed E-state index contributed by atoms with van der Waals surface area (Å²) in [6.45, 7) is 6.95. The van der Waals surface area contributed by atoms with Crippen LogP contribution in [-0.4, -0.2) is 69.0 Å². The molecular weight excluding hydrogens is 502 g/mol. The van der Waals surface area contributed by atoms with E-state index in [0.29, 0.717) is 40.8 Å². The van der Waals surface area contributed by atoms with E-state index in [0.717, 1.165) is 19.6 Å². The number of anilines is 1. The summed E-state index contributed by atoms with van der Waals surface area (Å²) in [6, 6.07) is 15.2. The number of fused-ring (bicyclic) bond motifs is 1. The molecular formula is C29H33N3O7. The molecule has 2 aromatic carbocycles. The predicted octanol–water partition coefficient (Wildman–Crippen LogP) is 3.55. The first-order valence-corrected chi connectivity index (χ1v) is 12.9. The number of benzene rings is 2. The molecule has 1 aromatic heterocycles. The molecule has 0 saturated heterocycles. The van der Waals surface area contributed by atoms with Gasteiger partial charge >= 0.3 is 0 Å². The van der Waals surface area contributed by atoms with Crippen molar-refractivity contribution in [3.8, 4) is 17.2 Å². The van der Waals surface area contributed by atoms with Gasteiger partial charge in [0.2, 0.25) is 0 Å². The number of furan rings is 1. The maximum Gasteiger partial charge on any atom is 0.287 e. The Hall–Kier alpha value is -4.31. The summed E-state index contributed by atoms with van der Waals surface area (Å²) in [5, 5.41) is 2.86. The number of nitrogens with one attached hydrogen (secondary N) is 1. The van der Waals surface area contributed by atoms with Crippen LogP contribution in [0.4, 0.5) is 5.69 Å². The lowest BCUT2D eigenvalue weighted by Gasteiger charge is -2.29. The van der Waals surface area contributed by atoms with Gasteiger partial charge in [-0.25, -0.2) is 0 Å². The fourth-order valence-electron chi connectivity index (χ4n) is 4.21. The Morgan fingerprint density at radius 3 is 2.56 bits per heavy atom. The first-order chi connectivity index (χ1) is 18.9. The van der Waals surface area contributed by atoms with Crippen LogP contribution in [0.2, 0.25) is 0 Å². The van der Waals surface area contributed by atoms with Gasteiger partial charge in [-0.3, -0.25) is 19.3 Å². The highest BCUT2D eigenvalue weighted by molar-refractivity contribution is 6.02. The molecule has 0 saturated carbocycles. The molecule has 2 amide bonds. The van der Waals surface area contributed by atoms with Crippen LogP contribution in [0.15, 0.2) is 59.0 Å². The molecule has 4 rings (SSSR count). The van der Waals surface area contributed by atoms with Crippen LogP contribution in [0.1, 0.15) is 40.5 Å². The molecule has 0 spiro atoms. The molecule has 1 aliphatic heterocycles. The minimum atomic E-state index is -0.315. The third kappa shape index (κ3) is 6.77. The Kier molecular flexibility index (Phi) is 9.22. The van der Waals surface area contributed by atoms with Crippen LogP contribution in [0.25, 0.3) is 0 Å². The van der Waals surface area contributed by atoms with Crippen LogP contribution in [0.3, 0.4) is 0 Å². The SMILES string of the molecule is CCN(CC)CCNC(=O)c1ccc(CN2C(=O)COc3ccc(C(=O)COc4ccccc4OC)cc32)o1. The van der Waals surface area contributed by atoms with E-state index in [1.807, 2.05) is 6.07 Å². The summed E-state index contributed by atoms with van der Waals surface area (Å²) < 4.78 is 22.3. The number of carbonyl (C=O) groups is 3. The second kappa shape index (κ2) is 13.0. The van der Waals surface area contributed by atoms with Gasteiger partial charge < -0.3 is 28.8 Å². The maximum absolute atomic E-state index is 12.9. The van der Waals surface area contributed by atoms with Gasteiger partial charge in [-0.05, 0) is 55.6 Å². The lowest BCUT2D eigenvalue weighted by Crippen LogP contribution is -2.38. The second-order valence-electron chi connectivity index (χ2n) is 8.86. The third-order valence-electron chi connectivity index (χ3n) is 6.46. The van der Waals surface area contributed by atoms with E-state index in [1.54, 1.807) is 48.5 Å². The van der Waals surface area contributed by atoms with Gasteiger partial charge in [0.1, 0.15) is 11.5 Å². The van der Waals surface area contributed by atoms with Crippen molar-refractivity contribution in [1.29, 1.82) is 0 Å². The van der Waals surface area contributed by atoms with E-state index in [-0.39, 0.29) is 43.1 Å². The molecule has 2 heterocycles. The van der Waals surface area contributed by atoms with Crippen LogP contribution >= 0.6 is 0 Å². The lowest BCUT2D eigenvalue weighted by atomic mass is 10.1. The van der Waals surface area contributed by atoms with Crippen molar-refractivity contribution in [1.82, 2.24) is 10.2 Å². The van der Waals surface area contributed by atoms with Gasteiger partial charge in [0.25, 0.3) is 11.8 Å². The summed E-state index contributed by atoms with van der Waals surface area (Å²) >= 11 is 0. The summed E-state index contributed by atoms with van der Waals surface area (Å²) in [5.74, 6) is 1.17. The summed E-state index contributed by atoms with van der Waals surface area (Å²) in [4.78, 5) is 41.9. The van der Waals surface area contributed by atoms with Gasteiger partial charge in [0.15, 0.2) is 36.3 Å². The number of amides is 2. The number of carbonyl (C=O) groups excluding carboxylic acids is 3. The monoisotopic (exact) mass is 535 g/mol. The molecule has 0 atom stereocenters. The highest BCUT2D eigenvalue weighted by atomic mass is 16.5. The average molecular weight is 536 g/mol. The van der Waals surface area contributed by atoms with Gasteiger partial charge in [0, 0.05) is 18.7 Å². The largest absolute Gasteiger partial charge is 0.493 e. The molecule has 0 unspecified atom stereocenters. The van der Waals surface area contributed by atoms with Crippen LogP contribution in [0, 0.1) is 0 Å². The average Bonchev–Trinajstić information content (AvgIpc) is 3.44. The van der Waals surface area contributed by atoms with Gasteiger partial charge in [0.05, 0.1) is 19.3 Å². The van der Waals surface area contributed by atoms with Crippen molar-refractivity contribution in [2.75, 3.05) is 51.4 Å². The number of para-hydroxylation sites is 2. The molecule has 206 valence electrons. The van der Waals surface area contributed by atoms with E-state index in [2.05, 4.69) is 24.1 Å². The van der Waals surface area contributed by atoms with E-state index in [1.165, 1.54) is 12.0 Å². The Bertz CT molecular complexity index is 1320. The summed E-state index contributed by atoms with van der Waals surface area (Å²) in [7, 11) is 1.53. The third-order valence-corrected chi connectivity index (χ3v) is 6.46. The van der Waals surface area contributed by atoms with Crippen LogP contribution in [-0.2, 0) is 11.3 Å². The number of rotatable bonds is 13. The fraction of sp³-hybridized carbons (Fsp3) is 0.345. The molecule has 0 radical (unpaired) electrons. The molecule has 39 heavy (non-hydrogen) atoms. The maximum atomic E-state index is 12.9. The Labute approximate surface area is 227 Å². The molecule has 10 heteroatoms. The first-order valence-electron chi connectivity index (χ1n) is 12.9. The number of hydrogen-bond donors (Lipinski definition) is 1. The first kappa shape index (κ1) is 27.7. The van der Waals surface area contributed by atoms with Crippen molar-refractivity contribution in [3.63, 3.8) is 0 Å². The Balaban J connectivity index is 1.43. The van der Waals surface area contributed by atoms with E-state index in [9.17, 15) is 14.4 Å².